The molecular weight excluding hydrogens is 421 g/mol. The predicted octanol–water partition coefficient (Wildman–Crippen LogP) is 3.11. The molecule has 1 aliphatic carbocycles. The number of thiophene rings is 1. The maximum atomic E-state index is 13.6. The van der Waals surface area contributed by atoms with Gasteiger partial charge in [0.1, 0.15) is 0 Å². The molecule has 1 aromatic carbocycles. The van der Waals surface area contributed by atoms with Crippen molar-refractivity contribution in [3.8, 4) is 0 Å². The van der Waals surface area contributed by atoms with Gasteiger partial charge in [-0.1, -0.05) is 32.3 Å². The smallest absolute Gasteiger partial charge is 0.405 e. The van der Waals surface area contributed by atoms with E-state index in [1.165, 1.54) is 0 Å². The molecule has 0 radical (unpaired) electrons. The fraction of sp³-hybridized carbons (Fsp3) is 0.529. The zero-order chi connectivity index (χ0) is 18.6. The summed E-state index contributed by atoms with van der Waals surface area (Å²) in [5.74, 6) is 0.126. The van der Waals surface area contributed by atoms with Gasteiger partial charge in [0, 0.05) is 17.4 Å². The third-order valence-electron chi connectivity index (χ3n) is 4.47. The lowest BCUT2D eigenvalue weighted by atomic mass is 9.88. The molecule has 25 heavy (non-hydrogen) atoms. The largest absolute Gasteiger partial charge is 0.600 e. The summed E-state index contributed by atoms with van der Waals surface area (Å²) in [6.07, 6.45) is 5.98. The molecule has 1 unspecified atom stereocenters. The van der Waals surface area contributed by atoms with Gasteiger partial charge in [-0.2, -0.15) is 0 Å². The van der Waals surface area contributed by atoms with Crippen LogP contribution in [0.2, 0.25) is 0 Å². The number of hydrogen-bond donors (Lipinski definition) is 0. The van der Waals surface area contributed by atoms with Gasteiger partial charge < -0.3 is 12.6 Å². The Morgan fingerprint density at radius 3 is 2.20 bits per heavy atom. The maximum Gasteiger partial charge on any atom is 0.600 e. The van der Waals surface area contributed by atoms with Gasteiger partial charge in [0.2, 0.25) is 14.8 Å². The summed E-state index contributed by atoms with van der Waals surface area (Å²) >= 11 is -3.65. The van der Waals surface area contributed by atoms with Crippen LogP contribution in [0.3, 0.4) is 0 Å². The van der Waals surface area contributed by atoms with E-state index in [0.29, 0.717) is 9.58 Å². The van der Waals surface area contributed by atoms with Gasteiger partial charge in [-0.15, -0.1) is 13.2 Å². The number of aryl methyl sites for hydroxylation is 1. The van der Waals surface area contributed by atoms with Gasteiger partial charge in [-0.25, -0.2) is 0 Å². The zero-order valence-corrected chi connectivity index (χ0v) is 16.2. The molecule has 0 spiro atoms. The van der Waals surface area contributed by atoms with E-state index in [-0.39, 0.29) is 5.92 Å². The highest BCUT2D eigenvalue weighted by Gasteiger charge is 2.49. The first kappa shape index (κ1) is 20.6. The van der Waals surface area contributed by atoms with Crippen LogP contribution < -0.4 is 12.6 Å². The fourth-order valence-corrected chi connectivity index (χ4v) is 5.53. The minimum absolute atomic E-state index is 0.126. The molecule has 8 heteroatoms. The van der Waals surface area contributed by atoms with E-state index < -0.39 is 30.8 Å². The van der Waals surface area contributed by atoms with Crippen LogP contribution >= 0.6 is 10.5 Å². The SMILES string of the molecule is CCc1ccc2c(c1)cc(C1CCCCC1)[s+]2C(F)(F)F.[O-][Br+2]([O-])[O-]. The van der Waals surface area contributed by atoms with Gasteiger partial charge in [0.05, 0.1) is 10.5 Å². The Labute approximate surface area is 152 Å². The second-order valence-electron chi connectivity index (χ2n) is 6.05. The first-order chi connectivity index (χ1) is 11.7. The molecule has 1 aromatic heterocycles. The van der Waals surface area contributed by atoms with Gasteiger partial charge in [0.15, 0.2) is 9.58 Å². The summed E-state index contributed by atoms with van der Waals surface area (Å²) in [5.41, 5.74) is -3.04. The van der Waals surface area contributed by atoms with E-state index in [1.54, 1.807) is 6.07 Å². The number of halogens is 4. The molecule has 0 bridgehead atoms. The van der Waals surface area contributed by atoms with Crippen LogP contribution in [-0.2, 0) is 11.9 Å². The Hall–Kier alpha value is -0.670. The van der Waals surface area contributed by atoms with E-state index in [2.05, 4.69) is 0 Å². The molecule has 1 heterocycles. The number of rotatable bonds is 2. The standard InChI is InChI=1S/C17H20F3S.BrO3/c1-2-12-8-9-15-14(10-12)11-16(21(15)17(18,19)20)13-6-4-3-5-7-13;2-1(3)4/h8-11,13H,2-7H2,1H3;/q+1;-1. The number of hydrogen-bond acceptors (Lipinski definition) is 3. The molecule has 1 aliphatic rings. The summed E-state index contributed by atoms with van der Waals surface area (Å²) in [6.45, 7) is 2.03. The molecule has 1 saturated carbocycles. The lowest BCUT2D eigenvalue weighted by Crippen LogP contribution is -2.42. The highest BCUT2D eigenvalue weighted by molar-refractivity contribution is 7.38. The topological polar surface area (TPSA) is 69.2 Å². The van der Waals surface area contributed by atoms with Crippen LogP contribution in [0.15, 0.2) is 24.3 Å². The van der Waals surface area contributed by atoms with Crippen LogP contribution in [0.1, 0.15) is 55.4 Å². The molecule has 3 nitrogen and oxygen atoms in total. The Morgan fingerprint density at radius 2 is 1.68 bits per heavy atom. The molecule has 0 aliphatic heterocycles. The number of fused-ring (bicyclic) bond motifs is 1. The summed E-state index contributed by atoms with van der Waals surface area (Å²) in [4.78, 5) is 0.644. The minimum atomic E-state index is -4.15. The zero-order valence-electron chi connectivity index (χ0n) is 13.8. The minimum Gasteiger partial charge on any atom is -0.405 e. The van der Waals surface area contributed by atoms with Gasteiger partial charge >= 0.3 is 5.51 Å². The monoisotopic (exact) mass is 440 g/mol. The molecule has 0 amide bonds. The lowest BCUT2D eigenvalue weighted by Gasteiger charge is -2.18. The molecule has 1 atom stereocenters. The highest BCUT2D eigenvalue weighted by Crippen LogP contribution is 2.55. The van der Waals surface area contributed by atoms with Crippen LogP contribution in [0.4, 0.5) is 13.2 Å². The van der Waals surface area contributed by atoms with Gasteiger partial charge in [-0.3, -0.25) is 0 Å². The molecule has 2 aromatic rings. The molecule has 140 valence electrons. The van der Waals surface area contributed by atoms with Crippen LogP contribution in [0.5, 0.6) is 0 Å². The lowest BCUT2D eigenvalue weighted by molar-refractivity contribution is -1.73. The van der Waals surface area contributed by atoms with Crippen LogP contribution in [-0.4, -0.2) is 0 Å². The predicted molar refractivity (Wildman–Crippen MR) is 82.9 cm³/mol. The van der Waals surface area contributed by atoms with Crippen molar-refractivity contribution < 1.29 is 40.6 Å². The Bertz CT molecular complexity index is 691. The van der Waals surface area contributed by atoms with Crippen molar-refractivity contribution in [1.29, 1.82) is 0 Å². The average Bonchev–Trinajstić information content (AvgIpc) is 2.93. The third-order valence-corrected chi connectivity index (χ3v) is 6.67. The van der Waals surface area contributed by atoms with Crippen molar-refractivity contribution in [1.82, 2.24) is 0 Å². The molecule has 3 rings (SSSR count). The summed E-state index contributed by atoms with van der Waals surface area (Å²) < 4.78 is 66.8. The van der Waals surface area contributed by atoms with E-state index in [0.717, 1.165) is 49.5 Å². The third kappa shape index (κ3) is 5.40. The van der Waals surface area contributed by atoms with E-state index in [1.807, 2.05) is 25.1 Å². The molecule has 1 fully saturated rings. The van der Waals surface area contributed by atoms with Crippen molar-refractivity contribution in [3.63, 3.8) is 0 Å². The highest BCUT2D eigenvalue weighted by atomic mass is 80.0. The van der Waals surface area contributed by atoms with Crippen LogP contribution in [0, 0.1) is 14.8 Å². The van der Waals surface area contributed by atoms with Crippen molar-refractivity contribution >= 4 is 20.6 Å². The summed E-state index contributed by atoms with van der Waals surface area (Å²) in [6, 6.07) is 7.34. The molecule has 0 saturated heterocycles. The molecule has 0 N–H and O–H groups in total. The van der Waals surface area contributed by atoms with Crippen molar-refractivity contribution in [3.05, 3.63) is 34.7 Å². The maximum absolute atomic E-state index is 13.6. The average molecular weight is 441 g/mol. The Kier molecular flexibility index (Phi) is 7.28. The Morgan fingerprint density at radius 1 is 1.08 bits per heavy atom. The van der Waals surface area contributed by atoms with E-state index >= 15 is 0 Å². The van der Waals surface area contributed by atoms with Gasteiger partial charge in [0.25, 0.3) is 0 Å². The van der Waals surface area contributed by atoms with Crippen molar-refractivity contribution in [2.75, 3.05) is 0 Å². The van der Waals surface area contributed by atoms with E-state index in [4.69, 9.17) is 12.6 Å². The summed E-state index contributed by atoms with van der Waals surface area (Å²) in [5, 5.41) is 0.801. The van der Waals surface area contributed by atoms with Crippen molar-refractivity contribution in [2.45, 2.75) is 56.9 Å². The second-order valence-corrected chi connectivity index (χ2v) is 8.83. The number of alkyl halides is 3. The summed E-state index contributed by atoms with van der Waals surface area (Å²) in [7, 11) is -1.70. The van der Waals surface area contributed by atoms with Crippen molar-refractivity contribution in [2.24, 2.45) is 0 Å². The quantitative estimate of drug-likeness (QED) is 0.673. The van der Waals surface area contributed by atoms with Gasteiger partial charge in [-0.05, 0) is 37.0 Å². The van der Waals surface area contributed by atoms with Crippen LogP contribution in [0.25, 0.3) is 10.1 Å². The first-order valence-corrected chi connectivity index (χ1v) is 11.3. The Balaban J connectivity index is 0.000000511. The van der Waals surface area contributed by atoms with E-state index in [9.17, 15) is 13.2 Å². The number of benzene rings is 1. The molecular formula is C17H20BrF3O3S. The normalized spacial score (nSPS) is 16.9. The fourth-order valence-electron chi connectivity index (χ4n) is 3.39. The first-order valence-electron chi connectivity index (χ1n) is 8.12. The second kappa shape index (κ2) is 8.81.